The van der Waals surface area contributed by atoms with Crippen molar-refractivity contribution >= 4 is 17.7 Å². The third kappa shape index (κ3) is 5.32. The Balaban J connectivity index is 1.75. The van der Waals surface area contributed by atoms with Gasteiger partial charge >= 0.3 is 0 Å². The van der Waals surface area contributed by atoms with Crippen LogP contribution in [0.2, 0.25) is 0 Å². The predicted octanol–water partition coefficient (Wildman–Crippen LogP) is 1.38. The molecule has 8 nitrogen and oxygen atoms in total. The molecule has 0 unspecified atom stereocenters. The van der Waals surface area contributed by atoms with Crippen molar-refractivity contribution in [1.29, 1.82) is 0 Å². The second kappa shape index (κ2) is 8.88. The summed E-state index contributed by atoms with van der Waals surface area (Å²) < 4.78 is 5.62. The molecule has 2 aromatic rings. The Bertz CT molecular complexity index is 818. The molecule has 3 N–H and O–H groups in total. The molecule has 0 bridgehead atoms. The molecule has 0 spiro atoms. The van der Waals surface area contributed by atoms with Crippen molar-refractivity contribution in [1.82, 2.24) is 20.2 Å². The molecule has 1 aliphatic rings. The maximum Gasteiger partial charge on any atom is 0.258 e. The summed E-state index contributed by atoms with van der Waals surface area (Å²) in [5.41, 5.74) is 7.64. The van der Waals surface area contributed by atoms with Crippen LogP contribution >= 0.6 is 0 Å². The summed E-state index contributed by atoms with van der Waals surface area (Å²) in [5.74, 6) is 1.53. The lowest BCUT2D eigenvalue weighted by Crippen LogP contribution is -2.45. The number of rotatable bonds is 6. The second-order valence-electron chi connectivity index (χ2n) is 7.31. The van der Waals surface area contributed by atoms with E-state index in [0.717, 1.165) is 37.4 Å². The van der Waals surface area contributed by atoms with Crippen LogP contribution < -0.4 is 20.7 Å². The third-order valence-corrected chi connectivity index (χ3v) is 4.47. The number of benzene rings is 1. The average molecular weight is 384 g/mol. The van der Waals surface area contributed by atoms with Crippen LogP contribution in [0.3, 0.4) is 0 Å². The smallest absolute Gasteiger partial charge is 0.258 e. The molecule has 0 aliphatic carbocycles. The second-order valence-corrected chi connectivity index (χ2v) is 7.31. The van der Waals surface area contributed by atoms with Gasteiger partial charge in [-0.1, -0.05) is 12.1 Å². The summed E-state index contributed by atoms with van der Waals surface area (Å²) in [4.78, 5) is 25.3. The standard InChI is InChI=1S/C20H28N6O2/c1-14(2)22-19(27)13-28-16-6-4-5-15(11-16)17-12-18(21)24-20(23-17)26-9-7-25(3)8-10-26/h4-6,11-12,14H,7-10,13H2,1-3H3,(H,22,27)(H2,21,23,24). The van der Waals surface area contributed by atoms with Crippen molar-refractivity contribution in [3.8, 4) is 17.0 Å². The van der Waals surface area contributed by atoms with Crippen molar-refractivity contribution in [2.45, 2.75) is 19.9 Å². The maximum absolute atomic E-state index is 11.8. The van der Waals surface area contributed by atoms with E-state index in [4.69, 9.17) is 15.5 Å². The minimum Gasteiger partial charge on any atom is -0.484 e. The van der Waals surface area contributed by atoms with Crippen LogP contribution in [0.4, 0.5) is 11.8 Å². The summed E-state index contributed by atoms with van der Waals surface area (Å²) in [6.45, 7) is 7.47. The normalized spacial score (nSPS) is 14.9. The number of nitrogens with zero attached hydrogens (tertiary/aromatic N) is 4. The van der Waals surface area contributed by atoms with E-state index in [-0.39, 0.29) is 18.6 Å². The van der Waals surface area contributed by atoms with Gasteiger partial charge in [-0.25, -0.2) is 4.98 Å². The van der Waals surface area contributed by atoms with Crippen LogP contribution in [0.1, 0.15) is 13.8 Å². The molecule has 2 heterocycles. The number of hydrogen-bond acceptors (Lipinski definition) is 7. The lowest BCUT2D eigenvalue weighted by atomic mass is 10.1. The molecule has 28 heavy (non-hydrogen) atoms. The van der Waals surface area contributed by atoms with Crippen LogP contribution in [0, 0.1) is 0 Å². The first-order chi connectivity index (χ1) is 13.4. The van der Waals surface area contributed by atoms with Gasteiger partial charge in [0.15, 0.2) is 6.61 Å². The first-order valence-electron chi connectivity index (χ1n) is 9.51. The van der Waals surface area contributed by atoms with Gasteiger partial charge in [-0.3, -0.25) is 4.79 Å². The Kier molecular flexibility index (Phi) is 6.30. The molecular formula is C20H28N6O2. The predicted molar refractivity (Wildman–Crippen MR) is 110 cm³/mol. The Morgan fingerprint density at radius 2 is 1.96 bits per heavy atom. The van der Waals surface area contributed by atoms with E-state index >= 15 is 0 Å². The first-order valence-corrected chi connectivity index (χ1v) is 9.51. The van der Waals surface area contributed by atoms with E-state index in [9.17, 15) is 4.79 Å². The molecular weight excluding hydrogens is 356 g/mol. The molecule has 0 saturated carbocycles. The summed E-state index contributed by atoms with van der Waals surface area (Å²) >= 11 is 0. The van der Waals surface area contributed by atoms with Crippen LogP contribution in [0.15, 0.2) is 30.3 Å². The van der Waals surface area contributed by atoms with Gasteiger partial charge in [-0.05, 0) is 33.0 Å². The Morgan fingerprint density at radius 3 is 2.68 bits per heavy atom. The third-order valence-electron chi connectivity index (χ3n) is 4.47. The number of anilines is 2. The number of ether oxygens (including phenoxy) is 1. The molecule has 1 saturated heterocycles. The van der Waals surface area contributed by atoms with Crippen LogP contribution in [0.25, 0.3) is 11.3 Å². The number of aromatic nitrogens is 2. The average Bonchev–Trinajstić information content (AvgIpc) is 2.66. The van der Waals surface area contributed by atoms with Gasteiger partial charge in [0.1, 0.15) is 11.6 Å². The van der Waals surface area contributed by atoms with Crippen LogP contribution in [-0.2, 0) is 4.79 Å². The lowest BCUT2D eigenvalue weighted by Gasteiger charge is -2.32. The molecule has 1 amide bonds. The van der Waals surface area contributed by atoms with Gasteiger partial charge in [0, 0.05) is 43.9 Å². The minimum absolute atomic E-state index is 0.0277. The lowest BCUT2D eigenvalue weighted by molar-refractivity contribution is -0.123. The number of nitrogens with two attached hydrogens (primary N) is 1. The Morgan fingerprint density at radius 1 is 1.21 bits per heavy atom. The van der Waals surface area contributed by atoms with Crippen LogP contribution in [0.5, 0.6) is 5.75 Å². The molecule has 1 aromatic heterocycles. The highest BCUT2D eigenvalue weighted by atomic mass is 16.5. The van der Waals surface area contributed by atoms with Crippen molar-refractivity contribution in [2.24, 2.45) is 0 Å². The fraction of sp³-hybridized carbons (Fsp3) is 0.450. The van der Waals surface area contributed by atoms with Gasteiger partial charge in [-0.2, -0.15) is 4.98 Å². The van der Waals surface area contributed by atoms with Gasteiger partial charge in [0.2, 0.25) is 5.95 Å². The number of nitrogen functional groups attached to an aromatic ring is 1. The Hall–Kier alpha value is -2.87. The van der Waals surface area contributed by atoms with Crippen molar-refractivity contribution in [3.05, 3.63) is 30.3 Å². The highest BCUT2D eigenvalue weighted by molar-refractivity contribution is 5.77. The zero-order valence-corrected chi connectivity index (χ0v) is 16.7. The summed E-state index contributed by atoms with van der Waals surface area (Å²) in [7, 11) is 2.11. The number of carbonyl (C=O) groups excluding carboxylic acids is 1. The molecule has 1 aromatic carbocycles. The molecule has 1 fully saturated rings. The van der Waals surface area contributed by atoms with Crippen molar-refractivity contribution in [2.75, 3.05) is 50.5 Å². The van der Waals surface area contributed by atoms with E-state index in [1.807, 2.05) is 38.1 Å². The molecule has 3 rings (SSSR count). The van der Waals surface area contributed by atoms with Crippen molar-refractivity contribution in [3.63, 3.8) is 0 Å². The first kappa shape index (κ1) is 19.9. The summed E-state index contributed by atoms with van der Waals surface area (Å²) in [6.07, 6.45) is 0. The summed E-state index contributed by atoms with van der Waals surface area (Å²) in [5, 5.41) is 2.80. The number of likely N-dealkylation sites (N-methyl/N-ethyl adjacent to an activating group) is 1. The fourth-order valence-electron chi connectivity index (χ4n) is 3.01. The molecule has 8 heteroatoms. The number of piperazine rings is 1. The van der Waals surface area contributed by atoms with E-state index < -0.39 is 0 Å². The number of amides is 1. The highest BCUT2D eigenvalue weighted by Gasteiger charge is 2.18. The molecule has 150 valence electrons. The minimum atomic E-state index is -0.149. The van der Waals surface area contributed by atoms with Gasteiger partial charge in [-0.15, -0.1) is 0 Å². The number of hydrogen-bond donors (Lipinski definition) is 2. The van der Waals surface area contributed by atoms with E-state index in [1.165, 1.54) is 0 Å². The van der Waals surface area contributed by atoms with Gasteiger partial charge in [0.25, 0.3) is 5.91 Å². The number of carbonyl (C=O) groups is 1. The zero-order valence-electron chi connectivity index (χ0n) is 16.7. The van der Waals surface area contributed by atoms with Crippen LogP contribution in [-0.4, -0.2) is 66.7 Å². The maximum atomic E-state index is 11.8. The molecule has 0 radical (unpaired) electrons. The SMILES string of the molecule is CC(C)NC(=O)COc1cccc(-c2cc(N)nc(N3CCN(C)CC3)n2)c1. The van der Waals surface area contributed by atoms with E-state index in [2.05, 4.69) is 27.1 Å². The van der Waals surface area contributed by atoms with Crippen molar-refractivity contribution < 1.29 is 9.53 Å². The van der Waals surface area contributed by atoms with E-state index in [1.54, 1.807) is 6.07 Å². The van der Waals surface area contributed by atoms with E-state index in [0.29, 0.717) is 17.5 Å². The van der Waals surface area contributed by atoms with Gasteiger partial charge in [0.05, 0.1) is 5.69 Å². The molecule has 0 atom stereocenters. The quantitative estimate of drug-likeness (QED) is 0.777. The fourth-order valence-corrected chi connectivity index (χ4v) is 3.01. The number of nitrogens with one attached hydrogen (secondary N) is 1. The zero-order chi connectivity index (χ0) is 20.1. The van der Waals surface area contributed by atoms with Gasteiger partial charge < -0.3 is 25.6 Å². The topological polar surface area (TPSA) is 96.6 Å². The summed E-state index contributed by atoms with van der Waals surface area (Å²) in [6, 6.07) is 9.33. The Labute approximate surface area is 165 Å². The monoisotopic (exact) mass is 384 g/mol. The highest BCUT2D eigenvalue weighted by Crippen LogP contribution is 2.25. The molecule has 1 aliphatic heterocycles. The largest absolute Gasteiger partial charge is 0.484 e.